The van der Waals surface area contributed by atoms with Crippen molar-refractivity contribution in [3.63, 3.8) is 0 Å². The highest BCUT2D eigenvalue weighted by atomic mass is 33.3. The van der Waals surface area contributed by atoms with E-state index in [1.807, 2.05) is 0 Å². The zero-order valence-corrected chi connectivity index (χ0v) is 5.77. The highest BCUT2D eigenvalue weighted by Gasteiger charge is 2.06. The Hall–Kier alpha value is 0.930. The van der Waals surface area contributed by atoms with Crippen LogP contribution in [0.5, 0.6) is 0 Å². The van der Waals surface area contributed by atoms with E-state index in [1.54, 1.807) is 10.8 Å². The molecule has 36 valence electrons. The Morgan fingerprint density at radius 3 is 2.83 bits per heavy atom. The van der Waals surface area contributed by atoms with Gasteiger partial charge in [0, 0.05) is 5.75 Å². The van der Waals surface area contributed by atoms with Crippen LogP contribution in [0.2, 0.25) is 0 Å². The average molecular weight is 140 g/mol. The minimum Gasteiger partial charge on any atom is -0.244 e. The minimum absolute atomic E-state index is 0.478. The van der Waals surface area contributed by atoms with Crippen LogP contribution in [0.4, 0.5) is 0 Å². The Bertz CT molecular complexity index is 65.9. The minimum atomic E-state index is -0.478. The maximum absolute atomic E-state index is 10.3. The normalized spacial score (nSPS) is 38.3. The summed E-state index contributed by atoms with van der Waals surface area (Å²) in [4.78, 5) is 0. The number of hydrogen-bond donors (Lipinski definition) is 0. The molecule has 2 unspecified atom stereocenters. The van der Waals surface area contributed by atoms with Gasteiger partial charge >= 0.3 is 0 Å². The van der Waals surface area contributed by atoms with Crippen molar-refractivity contribution < 1.29 is 4.21 Å². The predicted octanol–water partition coefficient (Wildman–Crippen LogP) is 0.990. The summed E-state index contributed by atoms with van der Waals surface area (Å²) in [5.74, 6) is 1.12. The van der Waals surface area contributed by atoms with Crippen LogP contribution < -0.4 is 0 Å². The van der Waals surface area contributed by atoms with Crippen LogP contribution in [0.15, 0.2) is 0 Å². The molecule has 1 heterocycles. The van der Waals surface area contributed by atoms with Crippen LogP contribution in [0, 0.1) is 0 Å². The zero-order chi connectivity index (χ0) is 4.41. The van der Waals surface area contributed by atoms with Crippen molar-refractivity contribution in [3.8, 4) is 0 Å². The first-order valence-electron chi connectivity index (χ1n) is 1.68. The molecule has 0 N–H and O–H groups in total. The van der Waals surface area contributed by atoms with E-state index in [2.05, 4.69) is 0 Å². The highest BCUT2D eigenvalue weighted by molar-refractivity contribution is 8.89. The molecule has 0 aromatic carbocycles. The lowest BCUT2D eigenvalue weighted by atomic mass is 11.0. The molecular weight excluding hydrogens is 135 g/mol. The van der Waals surface area contributed by atoms with Crippen LogP contribution in [-0.2, 0) is 9.45 Å². The van der Waals surface area contributed by atoms with Gasteiger partial charge in [0.2, 0.25) is 0 Å². The Balaban J connectivity index is 2.37. The van der Waals surface area contributed by atoms with Gasteiger partial charge in [-0.05, 0) is 13.9 Å². The first kappa shape index (κ1) is 5.07. The van der Waals surface area contributed by atoms with Gasteiger partial charge in [-0.25, -0.2) is 4.21 Å². The SMILES string of the molecule is O=S1PCCS1. The largest absolute Gasteiger partial charge is 0.244 e. The van der Waals surface area contributed by atoms with Gasteiger partial charge in [-0.15, -0.1) is 0 Å². The molecule has 0 radical (unpaired) electrons. The molecule has 0 aromatic rings. The van der Waals surface area contributed by atoms with Gasteiger partial charge in [-0.3, -0.25) is 0 Å². The van der Waals surface area contributed by atoms with Crippen molar-refractivity contribution in [2.45, 2.75) is 0 Å². The number of rotatable bonds is 0. The van der Waals surface area contributed by atoms with Gasteiger partial charge in [0.15, 0.2) is 0 Å². The molecule has 0 aromatic heterocycles. The Labute approximate surface area is 44.7 Å². The maximum atomic E-state index is 10.3. The van der Waals surface area contributed by atoms with Gasteiger partial charge in [-0.1, -0.05) is 10.8 Å². The molecule has 1 aliphatic heterocycles. The number of hydrogen-bond acceptors (Lipinski definition) is 2. The van der Waals surface area contributed by atoms with E-state index in [-0.39, 0.29) is 0 Å². The molecule has 0 aliphatic carbocycles. The summed E-state index contributed by atoms with van der Waals surface area (Å²) in [6, 6.07) is 0. The Morgan fingerprint density at radius 1 is 1.83 bits per heavy atom. The third-order valence-electron chi connectivity index (χ3n) is 0.512. The van der Waals surface area contributed by atoms with Crippen molar-refractivity contribution in [1.29, 1.82) is 0 Å². The van der Waals surface area contributed by atoms with Gasteiger partial charge in [-0.2, -0.15) is 0 Å². The molecule has 1 nitrogen and oxygen atoms in total. The summed E-state index contributed by atoms with van der Waals surface area (Å²) in [6.07, 6.45) is 1.18. The predicted molar refractivity (Wildman–Crippen MR) is 33.8 cm³/mol. The van der Waals surface area contributed by atoms with Crippen LogP contribution in [0.3, 0.4) is 0 Å². The second kappa shape index (κ2) is 2.29. The summed E-state index contributed by atoms with van der Waals surface area (Å²) < 4.78 is 10.3. The van der Waals surface area contributed by atoms with Gasteiger partial charge < -0.3 is 0 Å². The summed E-state index contributed by atoms with van der Waals surface area (Å²) in [5, 5.41) is 0. The zero-order valence-electron chi connectivity index (χ0n) is 3.14. The highest BCUT2D eigenvalue weighted by Crippen LogP contribution is 2.34. The first-order chi connectivity index (χ1) is 2.89. The summed E-state index contributed by atoms with van der Waals surface area (Å²) in [6.45, 7) is 0. The maximum Gasteiger partial charge on any atom is 0.0986 e. The lowest BCUT2D eigenvalue weighted by molar-refractivity contribution is 0.699. The topological polar surface area (TPSA) is 17.1 Å². The smallest absolute Gasteiger partial charge is 0.0986 e. The molecule has 0 spiro atoms. The van der Waals surface area contributed by atoms with E-state index in [0.29, 0.717) is 0 Å². The van der Waals surface area contributed by atoms with Gasteiger partial charge in [0.25, 0.3) is 0 Å². The van der Waals surface area contributed by atoms with Crippen LogP contribution in [-0.4, -0.2) is 16.1 Å². The summed E-state index contributed by atoms with van der Waals surface area (Å²) >= 11 is 0. The van der Waals surface area contributed by atoms with Crippen molar-refractivity contribution in [2.24, 2.45) is 0 Å². The molecule has 1 fully saturated rings. The molecule has 1 aliphatic rings. The quantitative estimate of drug-likeness (QED) is 0.368. The molecule has 1 rings (SSSR count). The lowest BCUT2D eigenvalue weighted by Gasteiger charge is -1.73. The Morgan fingerprint density at radius 2 is 2.67 bits per heavy atom. The fourth-order valence-corrected chi connectivity index (χ4v) is 6.31. The molecular formula is C2H5OPS2. The van der Waals surface area contributed by atoms with Crippen molar-refractivity contribution in [1.82, 2.24) is 0 Å². The van der Waals surface area contributed by atoms with Crippen LogP contribution in [0.1, 0.15) is 0 Å². The molecule has 0 bridgehead atoms. The van der Waals surface area contributed by atoms with Gasteiger partial charge in [0.05, 0.1) is 9.45 Å². The molecule has 6 heavy (non-hydrogen) atoms. The van der Waals surface area contributed by atoms with E-state index in [4.69, 9.17) is 0 Å². The lowest BCUT2D eigenvalue weighted by Crippen LogP contribution is -1.63. The molecule has 1 saturated heterocycles. The fourth-order valence-electron chi connectivity index (χ4n) is 0.284. The molecule has 0 amide bonds. The third kappa shape index (κ3) is 1.21. The Kier molecular flexibility index (Phi) is 1.94. The van der Waals surface area contributed by atoms with E-state index >= 15 is 0 Å². The summed E-state index contributed by atoms with van der Waals surface area (Å²) in [7, 11) is 1.82. The van der Waals surface area contributed by atoms with Crippen molar-refractivity contribution >= 4 is 28.0 Å². The average Bonchev–Trinajstić information content (AvgIpc) is 1.86. The molecule has 4 heteroatoms. The van der Waals surface area contributed by atoms with E-state index in [1.165, 1.54) is 6.16 Å². The van der Waals surface area contributed by atoms with Gasteiger partial charge in [0.1, 0.15) is 0 Å². The molecule has 0 saturated carbocycles. The van der Waals surface area contributed by atoms with E-state index < -0.39 is 9.45 Å². The second-order valence-electron chi connectivity index (χ2n) is 0.951. The monoisotopic (exact) mass is 140 g/mol. The van der Waals surface area contributed by atoms with E-state index in [9.17, 15) is 4.21 Å². The molecule has 2 atom stereocenters. The van der Waals surface area contributed by atoms with Crippen LogP contribution in [0.25, 0.3) is 0 Å². The van der Waals surface area contributed by atoms with Crippen molar-refractivity contribution in [2.75, 3.05) is 11.9 Å². The van der Waals surface area contributed by atoms with E-state index in [0.717, 1.165) is 13.5 Å². The third-order valence-corrected chi connectivity index (χ3v) is 6.73. The summed E-state index contributed by atoms with van der Waals surface area (Å²) in [5.41, 5.74) is 0. The fraction of sp³-hybridized carbons (Fsp3) is 1.00. The standard InChI is InChI=1S/C2H5OPS2/c3-6-4-1-2-5-6/h4H,1-2H2. The second-order valence-corrected chi connectivity index (χ2v) is 7.33. The first-order valence-corrected chi connectivity index (χ1v) is 6.26. The van der Waals surface area contributed by atoms with Crippen LogP contribution >= 0.6 is 18.6 Å². The van der Waals surface area contributed by atoms with Crippen molar-refractivity contribution in [3.05, 3.63) is 0 Å².